The molecule has 1 amide bonds. The zero-order valence-electron chi connectivity index (χ0n) is 12.9. The summed E-state index contributed by atoms with van der Waals surface area (Å²) >= 11 is 0. The number of nitrogens with zero attached hydrogens (tertiary/aromatic N) is 1. The van der Waals surface area contributed by atoms with Crippen molar-refractivity contribution < 1.29 is 32.6 Å². The van der Waals surface area contributed by atoms with E-state index in [1.807, 2.05) is 30.3 Å². The van der Waals surface area contributed by atoms with Crippen LogP contribution >= 0.6 is 0 Å². The molecule has 1 aliphatic heterocycles. The summed E-state index contributed by atoms with van der Waals surface area (Å²) < 4.78 is 44.3. The average Bonchev–Trinajstić information content (AvgIpc) is 2.99. The number of ether oxygens (including phenoxy) is 1. The van der Waals surface area contributed by atoms with E-state index in [9.17, 15) is 22.8 Å². The molecule has 24 heavy (non-hydrogen) atoms. The number of hydrogen-bond donors (Lipinski definition) is 1. The Morgan fingerprint density at radius 1 is 1.25 bits per heavy atom. The summed E-state index contributed by atoms with van der Waals surface area (Å²) in [5.74, 6) is -2.58. The Hall–Kier alpha value is -2.09. The van der Waals surface area contributed by atoms with Gasteiger partial charge in [-0.25, -0.2) is 0 Å². The van der Waals surface area contributed by atoms with E-state index >= 15 is 0 Å². The maximum atomic E-state index is 13.0. The second kappa shape index (κ2) is 7.21. The molecule has 5 nitrogen and oxygen atoms in total. The third-order valence-corrected chi connectivity index (χ3v) is 4.18. The standard InChI is InChI=1S/C16H18F3NO4/c17-16(18,19)15(14(22)23)7-8-20(11-15)13(21)10-24-9-6-12-4-2-1-3-5-12/h1-5H,6-11H2,(H,22,23). The number of carbonyl (C=O) groups excluding carboxylic acids is 1. The number of benzene rings is 1. The molecule has 1 aromatic rings. The van der Waals surface area contributed by atoms with Gasteiger partial charge in [-0.2, -0.15) is 13.2 Å². The second-order valence-corrected chi connectivity index (χ2v) is 5.74. The lowest BCUT2D eigenvalue weighted by Gasteiger charge is -2.27. The van der Waals surface area contributed by atoms with Crippen molar-refractivity contribution in [1.82, 2.24) is 4.90 Å². The van der Waals surface area contributed by atoms with Gasteiger partial charge in [0.05, 0.1) is 6.61 Å². The molecule has 1 aromatic carbocycles. The van der Waals surface area contributed by atoms with Crippen LogP contribution in [0.3, 0.4) is 0 Å². The minimum Gasteiger partial charge on any atom is -0.481 e. The molecule has 1 aliphatic rings. The van der Waals surface area contributed by atoms with Gasteiger partial charge in [0.15, 0.2) is 5.41 Å². The summed E-state index contributed by atoms with van der Waals surface area (Å²) in [7, 11) is 0. The topological polar surface area (TPSA) is 66.8 Å². The van der Waals surface area contributed by atoms with Crippen LogP contribution in [0.25, 0.3) is 0 Å². The Morgan fingerprint density at radius 3 is 2.46 bits per heavy atom. The number of aliphatic carboxylic acids is 1. The van der Waals surface area contributed by atoms with Gasteiger partial charge in [0.1, 0.15) is 6.61 Å². The fourth-order valence-corrected chi connectivity index (χ4v) is 2.64. The average molecular weight is 345 g/mol. The Morgan fingerprint density at radius 2 is 1.92 bits per heavy atom. The Bertz CT molecular complexity index is 591. The van der Waals surface area contributed by atoms with E-state index in [-0.39, 0.29) is 19.8 Å². The molecule has 0 spiro atoms. The first kappa shape index (κ1) is 18.3. The summed E-state index contributed by atoms with van der Waals surface area (Å²) in [5, 5.41) is 8.95. The molecule has 0 radical (unpaired) electrons. The fraction of sp³-hybridized carbons (Fsp3) is 0.500. The highest BCUT2D eigenvalue weighted by Crippen LogP contribution is 2.45. The lowest BCUT2D eigenvalue weighted by molar-refractivity contribution is -0.227. The van der Waals surface area contributed by atoms with E-state index in [0.29, 0.717) is 6.42 Å². The first-order valence-electron chi connectivity index (χ1n) is 7.46. The number of carboxylic acids is 1. The van der Waals surface area contributed by atoms with Crippen molar-refractivity contribution in [2.45, 2.75) is 19.0 Å². The SMILES string of the molecule is O=C(COCCc1ccccc1)N1CCC(C(=O)O)(C(F)(F)F)C1. The van der Waals surface area contributed by atoms with Gasteiger partial charge in [0.2, 0.25) is 5.91 Å². The molecular formula is C16H18F3NO4. The quantitative estimate of drug-likeness (QED) is 0.802. The number of hydrogen-bond acceptors (Lipinski definition) is 3. The summed E-state index contributed by atoms with van der Waals surface area (Å²) in [6.45, 7) is -1.22. The van der Waals surface area contributed by atoms with Crippen molar-refractivity contribution >= 4 is 11.9 Å². The molecule has 0 aliphatic carbocycles. The predicted octanol–water partition coefficient (Wildman–Crippen LogP) is 2.11. The molecular weight excluding hydrogens is 327 g/mol. The summed E-state index contributed by atoms with van der Waals surface area (Å²) in [4.78, 5) is 23.9. The number of carbonyl (C=O) groups is 2. The van der Waals surface area contributed by atoms with Gasteiger partial charge >= 0.3 is 12.1 Å². The van der Waals surface area contributed by atoms with Crippen LogP contribution in [0.4, 0.5) is 13.2 Å². The summed E-state index contributed by atoms with van der Waals surface area (Å²) in [6.07, 6.45) is -4.96. The number of halogens is 3. The predicted molar refractivity (Wildman–Crippen MR) is 78.3 cm³/mol. The van der Waals surface area contributed by atoms with Gasteiger partial charge in [-0.05, 0) is 18.4 Å². The Kier molecular flexibility index (Phi) is 5.48. The van der Waals surface area contributed by atoms with Crippen molar-refractivity contribution in [3.05, 3.63) is 35.9 Å². The first-order valence-corrected chi connectivity index (χ1v) is 7.46. The fourth-order valence-electron chi connectivity index (χ4n) is 2.64. The van der Waals surface area contributed by atoms with Gasteiger partial charge in [0.25, 0.3) is 0 Å². The monoisotopic (exact) mass is 345 g/mol. The zero-order chi connectivity index (χ0) is 17.8. The molecule has 1 heterocycles. The van der Waals surface area contributed by atoms with Crippen LogP contribution in [0.15, 0.2) is 30.3 Å². The summed E-state index contributed by atoms with van der Waals surface area (Å²) in [5.41, 5.74) is -1.86. The van der Waals surface area contributed by atoms with Gasteiger partial charge in [-0.3, -0.25) is 9.59 Å². The lowest BCUT2D eigenvalue weighted by atomic mass is 9.86. The molecule has 0 saturated carbocycles. The molecule has 8 heteroatoms. The van der Waals surface area contributed by atoms with Crippen molar-refractivity contribution in [1.29, 1.82) is 0 Å². The van der Waals surface area contributed by atoms with Crippen molar-refractivity contribution in [3.8, 4) is 0 Å². The highest BCUT2D eigenvalue weighted by molar-refractivity contribution is 5.82. The zero-order valence-corrected chi connectivity index (χ0v) is 12.9. The molecule has 0 aromatic heterocycles. The first-order chi connectivity index (χ1) is 11.3. The smallest absolute Gasteiger partial charge is 0.406 e. The van der Waals surface area contributed by atoms with E-state index in [1.165, 1.54) is 0 Å². The number of amides is 1. The number of carboxylic acid groups (broad SMARTS) is 1. The van der Waals surface area contributed by atoms with Gasteiger partial charge in [-0.15, -0.1) is 0 Å². The molecule has 0 bridgehead atoms. The van der Waals surface area contributed by atoms with Crippen LogP contribution in [-0.4, -0.2) is 54.4 Å². The van der Waals surface area contributed by atoms with Crippen LogP contribution in [-0.2, 0) is 20.7 Å². The Balaban J connectivity index is 1.82. The van der Waals surface area contributed by atoms with E-state index in [2.05, 4.69) is 0 Å². The largest absolute Gasteiger partial charge is 0.481 e. The van der Waals surface area contributed by atoms with Gasteiger partial charge < -0.3 is 14.7 Å². The maximum absolute atomic E-state index is 13.0. The van der Waals surface area contributed by atoms with Crippen LogP contribution in [0.2, 0.25) is 0 Å². The molecule has 2 rings (SSSR count). The minimum absolute atomic E-state index is 0.243. The molecule has 1 fully saturated rings. The third-order valence-electron chi connectivity index (χ3n) is 4.18. The Labute approximate surface area is 137 Å². The third kappa shape index (κ3) is 3.87. The van der Waals surface area contributed by atoms with Crippen LogP contribution in [0.1, 0.15) is 12.0 Å². The summed E-state index contributed by atoms with van der Waals surface area (Å²) in [6, 6.07) is 9.41. The highest BCUT2D eigenvalue weighted by Gasteiger charge is 2.64. The van der Waals surface area contributed by atoms with Gasteiger partial charge in [0, 0.05) is 13.1 Å². The number of likely N-dealkylation sites (tertiary alicyclic amines) is 1. The van der Waals surface area contributed by atoms with E-state index in [1.54, 1.807) is 0 Å². The maximum Gasteiger partial charge on any atom is 0.406 e. The lowest BCUT2D eigenvalue weighted by Crippen LogP contribution is -2.48. The molecule has 1 unspecified atom stereocenters. The molecule has 1 saturated heterocycles. The number of alkyl halides is 3. The van der Waals surface area contributed by atoms with Crippen LogP contribution in [0.5, 0.6) is 0 Å². The van der Waals surface area contributed by atoms with Crippen molar-refractivity contribution in [2.75, 3.05) is 26.3 Å². The van der Waals surface area contributed by atoms with E-state index in [0.717, 1.165) is 10.5 Å². The number of rotatable bonds is 6. The second-order valence-electron chi connectivity index (χ2n) is 5.74. The molecule has 1 N–H and O–H groups in total. The minimum atomic E-state index is -4.90. The van der Waals surface area contributed by atoms with Gasteiger partial charge in [-0.1, -0.05) is 30.3 Å². The highest BCUT2D eigenvalue weighted by atomic mass is 19.4. The molecule has 1 atom stereocenters. The van der Waals surface area contributed by atoms with Crippen LogP contribution < -0.4 is 0 Å². The molecule has 132 valence electrons. The normalized spacial score (nSPS) is 21.0. The van der Waals surface area contributed by atoms with Crippen molar-refractivity contribution in [3.63, 3.8) is 0 Å². The van der Waals surface area contributed by atoms with Crippen LogP contribution in [0, 0.1) is 5.41 Å². The van der Waals surface area contributed by atoms with E-state index in [4.69, 9.17) is 9.84 Å². The van der Waals surface area contributed by atoms with E-state index < -0.39 is 36.4 Å². The van der Waals surface area contributed by atoms with Crippen molar-refractivity contribution in [2.24, 2.45) is 5.41 Å².